The molecule has 0 saturated heterocycles. The maximum atomic E-state index is 9.96. The van der Waals surface area contributed by atoms with Gasteiger partial charge in [-0.15, -0.1) is 17.0 Å². The van der Waals surface area contributed by atoms with Crippen molar-refractivity contribution in [1.29, 1.82) is 0 Å². The highest BCUT2D eigenvalue weighted by atomic mass is 79.9. The summed E-state index contributed by atoms with van der Waals surface area (Å²) in [6, 6.07) is -0.955. The second kappa shape index (κ2) is 8.34. The molecule has 0 fully saturated rings. The van der Waals surface area contributed by atoms with E-state index in [1.165, 1.54) is 0 Å². The highest BCUT2D eigenvalue weighted by molar-refractivity contribution is 8.93. The van der Waals surface area contributed by atoms with Crippen molar-refractivity contribution in [2.45, 2.75) is 0 Å². The van der Waals surface area contributed by atoms with Crippen LogP contribution in [0.2, 0.25) is 0 Å². The Labute approximate surface area is 67.5 Å². The van der Waals surface area contributed by atoms with E-state index >= 15 is 0 Å². The molecular formula is C3H9BrN2O4. The van der Waals surface area contributed by atoms with Crippen LogP contribution in [0.3, 0.4) is 0 Å². The Morgan fingerprint density at radius 1 is 1.50 bits per heavy atom. The lowest BCUT2D eigenvalue weighted by Gasteiger charge is -1.92. The molecule has 0 aromatic heterocycles. The van der Waals surface area contributed by atoms with Gasteiger partial charge in [0.1, 0.15) is 6.61 Å². The molecule has 0 rings (SSSR count). The Morgan fingerprint density at radius 2 is 1.90 bits per heavy atom. The van der Waals surface area contributed by atoms with E-state index in [4.69, 9.17) is 5.11 Å². The third-order valence-electron chi connectivity index (χ3n) is 0.406. The second-order valence-corrected chi connectivity index (χ2v) is 1.07. The van der Waals surface area contributed by atoms with Crippen LogP contribution in [0.5, 0.6) is 0 Å². The molecule has 0 aliphatic heterocycles. The molecule has 62 valence electrons. The van der Waals surface area contributed by atoms with Gasteiger partial charge < -0.3 is 16.3 Å². The zero-order valence-electron chi connectivity index (χ0n) is 4.96. The minimum Gasteiger partial charge on any atom is -0.412 e. The van der Waals surface area contributed by atoms with E-state index < -0.39 is 18.5 Å². The van der Waals surface area contributed by atoms with Crippen LogP contribution in [0.15, 0.2) is 0 Å². The molecule has 0 radical (unpaired) electrons. The predicted octanol–water partition coefficient (Wildman–Crippen LogP) is -2.07. The lowest BCUT2D eigenvalue weighted by atomic mass is 10.6. The molecular weight excluding hydrogens is 208 g/mol. The summed E-state index contributed by atoms with van der Waals surface area (Å²) in [6.45, 7) is -0.719. The number of hydrogen-bond donors (Lipinski definition) is 3. The fraction of sp³-hybridized carbons (Fsp3) is 0.333. The van der Waals surface area contributed by atoms with Crippen molar-refractivity contribution in [3.8, 4) is 0 Å². The van der Waals surface area contributed by atoms with E-state index in [-0.39, 0.29) is 22.5 Å². The van der Waals surface area contributed by atoms with Gasteiger partial charge >= 0.3 is 6.03 Å². The van der Waals surface area contributed by atoms with Crippen LogP contribution >= 0.6 is 17.0 Å². The fourth-order valence-corrected chi connectivity index (χ4v) is 0.177. The lowest BCUT2D eigenvalue weighted by Crippen LogP contribution is -2.36. The molecule has 6 N–H and O–H groups in total. The number of amides is 3. The minimum atomic E-state index is -0.955. The van der Waals surface area contributed by atoms with Crippen LogP contribution in [0.25, 0.3) is 0 Å². The van der Waals surface area contributed by atoms with Crippen molar-refractivity contribution in [2.75, 3.05) is 6.61 Å². The predicted molar refractivity (Wildman–Crippen MR) is 38.7 cm³/mol. The van der Waals surface area contributed by atoms with Gasteiger partial charge in [-0.05, 0) is 0 Å². The van der Waals surface area contributed by atoms with E-state index in [0.717, 1.165) is 0 Å². The molecule has 0 saturated carbocycles. The summed E-state index contributed by atoms with van der Waals surface area (Å²) in [5.74, 6) is -0.794. The quantitative estimate of drug-likeness (QED) is 0.467. The number of aliphatic hydroxyl groups excluding tert-OH is 1. The molecule has 0 spiro atoms. The zero-order valence-corrected chi connectivity index (χ0v) is 6.67. The van der Waals surface area contributed by atoms with Gasteiger partial charge in [-0.1, -0.05) is 0 Å². The van der Waals surface area contributed by atoms with Crippen LogP contribution in [0.4, 0.5) is 4.79 Å². The van der Waals surface area contributed by atoms with Crippen LogP contribution < -0.4 is 11.1 Å². The number of primary amides is 1. The molecule has 3 amide bonds. The van der Waals surface area contributed by atoms with Gasteiger partial charge in [0.2, 0.25) is 0 Å². The second-order valence-electron chi connectivity index (χ2n) is 1.07. The van der Waals surface area contributed by atoms with Gasteiger partial charge in [-0.2, -0.15) is 0 Å². The smallest absolute Gasteiger partial charge is 0.318 e. The number of imide groups is 1. The molecule has 0 aliphatic carbocycles. The van der Waals surface area contributed by atoms with Crippen molar-refractivity contribution in [1.82, 2.24) is 5.32 Å². The monoisotopic (exact) mass is 216 g/mol. The maximum absolute atomic E-state index is 9.96. The van der Waals surface area contributed by atoms with Crippen LogP contribution in [0.1, 0.15) is 0 Å². The summed E-state index contributed by atoms with van der Waals surface area (Å²) in [5, 5.41) is 9.61. The number of halogens is 1. The summed E-state index contributed by atoms with van der Waals surface area (Å²) in [6.07, 6.45) is 0. The number of nitrogens with one attached hydrogen (secondary N) is 1. The Hall–Kier alpha value is -0.660. The van der Waals surface area contributed by atoms with Gasteiger partial charge in [0, 0.05) is 0 Å². The Balaban J connectivity index is -0.000000245. The van der Waals surface area contributed by atoms with E-state index in [1.807, 2.05) is 0 Å². The van der Waals surface area contributed by atoms with E-state index in [9.17, 15) is 9.59 Å². The van der Waals surface area contributed by atoms with Crippen molar-refractivity contribution in [2.24, 2.45) is 5.73 Å². The summed E-state index contributed by atoms with van der Waals surface area (Å²) in [4.78, 5) is 19.7. The summed E-state index contributed by atoms with van der Waals surface area (Å²) < 4.78 is 0. The highest BCUT2D eigenvalue weighted by Crippen LogP contribution is 1.58. The number of carbonyl (C=O) groups excluding carboxylic acids is 2. The summed E-state index contributed by atoms with van der Waals surface area (Å²) >= 11 is 0. The van der Waals surface area contributed by atoms with E-state index in [0.29, 0.717) is 0 Å². The Bertz CT molecular complexity index is 117. The third-order valence-corrected chi connectivity index (χ3v) is 0.406. The lowest BCUT2D eigenvalue weighted by molar-refractivity contribution is -0.122. The maximum Gasteiger partial charge on any atom is 0.318 e. The van der Waals surface area contributed by atoms with Crippen molar-refractivity contribution >= 4 is 28.9 Å². The first-order valence-electron chi connectivity index (χ1n) is 1.87. The van der Waals surface area contributed by atoms with E-state index in [1.54, 1.807) is 5.32 Å². The fourth-order valence-electron chi connectivity index (χ4n) is 0.177. The van der Waals surface area contributed by atoms with Crippen molar-refractivity contribution in [3.05, 3.63) is 0 Å². The van der Waals surface area contributed by atoms with Crippen molar-refractivity contribution < 1.29 is 20.2 Å². The van der Waals surface area contributed by atoms with Crippen LogP contribution in [-0.2, 0) is 4.79 Å². The van der Waals surface area contributed by atoms with E-state index in [2.05, 4.69) is 5.73 Å². The number of nitrogens with two attached hydrogens (primary N) is 1. The normalized spacial score (nSPS) is 6.50. The molecule has 6 nitrogen and oxygen atoms in total. The molecule has 0 unspecified atom stereocenters. The molecule has 0 aliphatic rings. The number of carbonyl (C=O) groups is 2. The number of urea groups is 1. The Kier molecular flexibility index (Phi) is 13.5. The number of rotatable bonds is 1. The van der Waals surface area contributed by atoms with Gasteiger partial charge in [-0.25, -0.2) is 4.79 Å². The molecule has 10 heavy (non-hydrogen) atoms. The average molecular weight is 217 g/mol. The third kappa shape index (κ3) is 10.3. The highest BCUT2D eigenvalue weighted by Gasteiger charge is 1.98. The SMILES string of the molecule is Br.NC(=O)NC(=O)CO.O. The molecule has 0 heterocycles. The minimum absolute atomic E-state index is 0. The van der Waals surface area contributed by atoms with Crippen LogP contribution in [0, 0.1) is 0 Å². The molecule has 0 atom stereocenters. The molecule has 7 heteroatoms. The van der Waals surface area contributed by atoms with Gasteiger partial charge in [0.25, 0.3) is 5.91 Å². The van der Waals surface area contributed by atoms with Crippen LogP contribution in [-0.4, -0.2) is 29.1 Å². The molecule has 0 aromatic carbocycles. The zero-order chi connectivity index (χ0) is 6.57. The first kappa shape index (κ1) is 16.2. The molecule has 0 bridgehead atoms. The number of aliphatic hydroxyl groups is 1. The average Bonchev–Trinajstić information content (AvgIpc) is 1.65. The molecule has 0 aromatic rings. The first-order chi connectivity index (χ1) is 3.66. The van der Waals surface area contributed by atoms with Gasteiger partial charge in [0.05, 0.1) is 0 Å². The first-order valence-corrected chi connectivity index (χ1v) is 1.87. The largest absolute Gasteiger partial charge is 0.412 e. The number of hydrogen-bond acceptors (Lipinski definition) is 3. The Morgan fingerprint density at radius 3 is 2.00 bits per heavy atom. The standard InChI is InChI=1S/C3H6N2O3.BrH.H2O/c4-3(8)5-2(7)1-6;;/h6H,1H2,(H3,4,5,7,8);1H;1H2. The topological polar surface area (TPSA) is 124 Å². The van der Waals surface area contributed by atoms with Gasteiger partial charge in [0.15, 0.2) is 0 Å². The van der Waals surface area contributed by atoms with Gasteiger partial charge in [-0.3, -0.25) is 10.1 Å². The van der Waals surface area contributed by atoms with Crippen molar-refractivity contribution in [3.63, 3.8) is 0 Å². The summed E-state index contributed by atoms with van der Waals surface area (Å²) in [5.41, 5.74) is 4.49. The summed E-state index contributed by atoms with van der Waals surface area (Å²) in [7, 11) is 0.